The van der Waals surface area contributed by atoms with E-state index in [2.05, 4.69) is 10.6 Å². The van der Waals surface area contributed by atoms with Gasteiger partial charge in [-0.3, -0.25) is 33.8 Å². The standard InChI is InChI=1S/C27H21N5O4/c33-22-12-11-20(25(34)30-22)32-26(35)18-10-9-17(14-19(18)27(32)36)23-24(28-15-16-6-2-1-3-7-16)31-13-5-4-8-21(31)29-23/h1-10,13-14,20,28H,11-12,15H2,(H,30,33,34). The van der Waals surface area contributed by atoms with Crippen molar-refractivity contribution in [2.45, 2.75) is 25.4 Å². The number of nitrogens with zero attached hydrogens (tertiary/aromatic N) is 3. The fraction of sp³-hybridized carbons (Fsp3) is 0.148. The molecule has 9 nitrogen and oxygen atoms in total. The molecular weight excluding hydrogens is 458 g/mol. The van der Waals surface area contributed by atoms with Gasteiger partial charge in [0.2, 0.25) is 11.8 Å². The zero-order valence-electron chi connectivity index (χ0n) is 19.1. The zero-order valence-corrected chi connectivity index (χ0v) is 19.1. The molecule has 6 rings (SSSR count). The van der Waals surface area contributed by atoms with Crippen molar-refractivity contribution in [3.8, 4) is 11.3 Å². The molecule has 2 aliphatic heterocycles. The lowest BCUT2D eigenvalue weighted by molar-refractivity contribution is -0.136. The maximum Gasteiger partial charge on any atom is 0.262 e. The monoisotopic (exact) mass is 479 g/mol. The van der Waals surface area contributed by atoms with Gasteiger partial charge >= 0.3 is 0 Å². The second kappa shape index (κ2) is 8.46. The van der Waals surface area contributed by atoms with E-state index in [1.807, 2.05) is 59.1 Å². The number of amides is 4. The van der Waals surface area contributed by atoms with E-state index in [0.29, 0.717) is 17.8 Å². The highest BCUT2D eigenvalue weighted by molar-refractivity contribution is 6.23. The van der Waals surface area contributed by atoms with Crippen molar-refractivity contribution >= 4 is 35.1 Å². The zero-order chi connectivity index (χ0) is 24.8. The van der Waals surface area contributed by atoms with Crippen LogP contribution in [-0.2, 0) is 16.1 Å². The van der Waals surface area contributed by atoms with Gasteiger partial charge in [0, 0.05) is 24.7 Å². The quantitative estimate of drug-likeness (QED) is 0.426. The molecule has 1 atom stereocenters. The van der Waals surface area contributed by atoms with Crippen LogP contribution in [0.15, 0.2) is 72.9 Å². The first-order valence-corrected chi connectivity index (χ1v) is 11.6. The van der Waals surface area contributed by atoms with Gasteiger partial charge in [-0.05, 0) is 36.2 Å². The number of nitrogens with one attached hydrogen (secondary N) is 2. The Balaban J connectivity index is 1.37. The van der Waals surface area contributed by atoms with Crippen molar-refractivity contribution in [1.29, 1.82) is 0 Å². The molecule has 2 aromatic heterocycles. The van der Waals surface area contributed by atoms with Crippen molar-refractivity contribution in [2.24, 2.45) is 0 Å². The number of carbonyl (C=O) groups excluding carboxylic acids is 4. The normalized spacial score (nSPS) is 17.4. The van der Waals surface area contributed by atoms with Gasteiger partial charge < -0.3 is 5.32 Å². The smallest absolute Gasteiger partial charge is 0.262 e. The molecule has 0 saturated carbocycles. The molecule has 0 bridgehead atoms. The fourth-order valence-corrected chi connectivity index (χ4v) is 4.77. The van der Waals surface area contributed by atoms with Gasteiger partial charge in [0.15, 0.2) is 0 Å². The van der Waals surface area contributed by atoms with Gasteiger partial charge in [-0.25, -0.2) is 4.98 Å². The molecule has 36 heavy (non-hydrogen) atoms. The molecule has 0 spiro atoms. The van der Waals surface area contributed by atoms with Gasteiger partial charge in [-0.15, -0.1) is 0 Å². The molecule has 1 saturated heterocycles. The number of aromatic nitrogens is 2. The summed E-state index contributed by atoms with van der Waals surface area (Å²) in [6.45, 7) is 0.572. The number of pyridine rings is 1. The highest BCUT2D eigenvalue weighted by Crippen LogP contribution is 2.34. The van der Waals surface area contributed by atoms with Crippen LogP contribution < -0.4 is 10.6 Å². The summed E-state index contributed by atoms with van der Waals surface area (Å²) in [4.78, 5) is 56.0. The molecule has 2 N–H and O–H groups in total. The number of anilines is 1. The molecule has 178 valence electrons. The molecular formula is C27H21N5O4. The van der Waals surface area contributed by atoms with Gasteiger partial charge in [0.1, 0.15) is 23.2 Å². The van der Waals surface area contributed by atoms with Crippen LogP contribution in [0, 0.1) is 0 Å². The Morgan fingerprint density at radius 3 is 2.50 bits per heavy atom. The summed E-state index contributed by atoms with van der Waals surface area (Å²) < 4.78 is 1.94. The minimum Gasteiger partial charge on any atom is -0.365 e. The summed E-state index contributed by atoms with van der Waals surface area (Å²) in [6.07, 6.45) is 2.10. The van der Waals surface area contributed by atoms with Gasteiger partial charge in [0.25, 0.3) is 11.8 Å². The van der Waals surface area contributed by atoms with E-state index >= 15 is 0 Å². The summed E-state index contributed by atoms with van der Waals surface area (Å²) in [5.41, 5.74) is 3.59. The Labute approximate surface area is 205 Å². The number of hydrogen-bond acceptors (Lipinski definition) is 6. The topological polar surface area (TPSA) is 113 Å². The lowest BCUT2D eigenvalue weighted by Crippen LogP contribution is -2.54. The largest absolute Gasteiger partial charge is 0.365 e. The minimum atomic E-state index is -1.00. The molecule has 4 aromatic rings. The maximum atomic E-state index is 13.3. The molecule has 1 unspecified atom stereocenters. The Hall–Kier alpha value is -4.79. The van der Waals surface area contributed by atoms with E-state index < -0.39 is 29.7 Å². The Kier molecular flexibility index (Phi) is 5.10. The maximum absolute atomic E-state index is 13.3. The van der Waals surface area contributed by atoms with Crippen LogP contribution in [0.1, 0.15) is 39.1 Å². The van der Waals surface area contributed by atoms with Crippen LogP contribution >= 0.6 is 0 Å². The highest BCUT2D eigenvalue weighted by Gasteiger charge is 2.44. The van der Waals surface area contributed by atoms with Crippen molar-refractivity contribution < 1.29 is 19.2 Å². The third kappa shape index (κ3) is 3.52. The number of benzene rings is 2. The Morgan fingerprint density at radius 1 is 0.917 bits per heavy atom. The number of fused-ring (bicyclic) bond motifs is 2. The molecule has 2 aliphatic rings. The van der Waals surface area contributed by atoms with E-state index in [-0.39, 0.29) is 24.0 Å². The van der Waals surface area contributed by atoms with Crippen molar-refractivity contribution in [3.63, 3.8) is 0 Å². The van der Waals surface area contributed by atoms with Crippen molar-refractivity contribution in [2.75, 3.05) is 5.32 Å². The lowest BCUT2D eigenvalue weighted by Gasteiger charge is -2.27. The average molecular weight is 479 g/mol. The Morgan fingerprint density at radius 2 is 1.69 bits per heavy atom. The molecule has 0 radical (unpaired) electrons. The second-order valence-corrected chi connectivity index (χ2v) is 8.78. The van der Waals surface area contributed by atoms with Crippen LogP contribution in [0.5, 0.6) is 0 Å². The number of piperidine rings is 1. The number of rotatable bonds is 5. The first-order valence-electron chi connectivity index (χ1n) is 11.6. The van der Waals surface area contributed by atoms with Gasteiger partial charge in [0.05, 0.1) is 11.1 Å². The van der Waals surface area contributed by atoms with Crippen molar-refractivity contribution in [1.82, 2.24) is 19.6 Å². The summed E-state index contributed by atoms with van der Waals surface area (Å²) in [7, 11) is 0. The number of imidazole rings is 1. The molecule has 4 heterocycles. The van der Waals surface area contributed by atoms with Crippen LogP contribution in [0.3, 0.4) is 0 Å². The molecule has 0 aliphatic carbocycles. The third-order valence-corrected chi connectivity index (χ3v) is 6.55. The highest BCUT2D eigenvalue weighted by atomic mass is 16.2. The predicted octanol–water partition coefficient (Wildman–Crippen LogP) is 3.01. The molecule has 9 heteroatoms. The lowest BCUT2D eigenvalue weighted by atomic mass is 10.0. The molecule has 4 amide bonds. The summed E-state index contributed by atoms with van der Waals surface area (Å²) in [6, 6.07) is 19.7. The van der Waals surface area contributed by atoms with Crippen LogP contribution in [0.4, 0.5) is 5.82 Å². The molecule has 2 aromatic carbocycles. The van der Waals surface area contributed by atoms with Crippen LogP contribution in [0.2, 0.25) is 0 Å². The van der Waals surface area contributed by atoms with Crippen molar-refractivity contribution in [3.05, 3.63) is 89.6 Å². The summed E-state index contributed by atoms with van der Waals surface area (Å²) in [5, 5.41) is 5.68. The van der Waals surface area contributed by atoms with E-state index in [1.165, 1.54) is 0 Å². The number of carbonyl (C=O) groups is 4. The van der Waals surface area contributed by atoms with Gasteiger partial charge in [-0.1, -0.05) is 42.5 Å². The van der Waals surface area contributed by atoms with E-state index in [4.69, 9.17) is 4.98 Å². The van der Waals surface area contributed by atoms with Gasteiger partial charge in [-0.2, -0.15) is 0 Å². The molecule has 1 fully saturated rings. The third-order valence-electron chi connectivity index (χ3n) is 6.55. The summed E-state index contributed by atoms with van der Waals surface area (Å²) in [5.74, 6) is -1.36. The number of imide groups is 2. The summed E-state index contributed by atoms with van der Waals surface area (Å²) >= 11 is 0. The average Bonchev–Trinajstić information content (AvgIpc) is 3.38. The SMILES string of the molecule is O=C1CCC(N2C(=O)c3ccc(-c4nc5ccccn5c4NCc4ccccc4)cc3C2=O)C(=O)N1. The fourth-order valence-electron chi connectivity index (χ4n) is 4.77. The second-order valence-electron chi connectivity index (χ2n) is 8.78. The van der Waals surface area contributed by atoms with E-state index in [1.54, 1.807) is 18.2 Å². The Bertz CT molecular complexity index is 1560. The van der Waals surface area contributed by atoms with Crippen LogP contribution in [0.25, 0.3) is 16.9 Å². The number of hydrogen-bond donors (Lipinski definition) is 2. The first kappa shape index (κ1) is 21.7. The van der Waals surface area contributed by atoms with E-state index in [9.17, 15) is 19.2 Å². The van der Waals surface area contributed by atoms with Crippen LogP contribution in [-0.4, -0.2) is 44.0 Å². The minimum absolute atomic E-state index is 0.0761. The predicted molar refractivity (Wildman–Crippen MR) is 131 cm³/mol. The first-order chi connectivity index (χ1) is 17.5. The van der Waals surface area contributed by atoms with E-state index in [0.717, 1.165) is 21.9 Å².